The van der Waals surface area contributed by atoms with Crippen LogP contribution in [-0.4, -0.2) is 57.0 Å². The molecule has 0 aromatic carbocycles. The van der Waals surface area contributed by atoms with Gasteiger partial charge in [0.15, 0.2) is 0 Å². The van der Waals surface area contributed by atoms with E-state index < -0.39 is 5.38 Å². The molecule has 2 heterocycles. The molecule has 1 atom stereocenters. The molecule has 2 rings (SSSR count). The van der Waals surface area contributed by atoms with E-state index in [1.54, 1.807) is 6.92 Å². The SMILES string of the molecule is CC(Cl)C(=O)N1CCN(Cc2ccnn2C)CC1. The first-order valence-electron chi connectivity index (χ1n) is 6.20. The minimum absolute atomic E-state index is 0.0388. The van der Waals surface area contributed by atoms with E-state index in [4.69, 9.17) is 11.6 Å². The average molecular weight is 271 g/mol. The molecule has 0 saturated carbocycles. The highest BCUT2D eigenvalue weighted by atomic mass is 35.5. The van der Waals surface area contributed by atoms with Crippen molar-refractivity contribution in [2.24, 2.45) is 7.05 Å². The number of rotatable bonds is 3. The predicted molar refractivity (Wildman–Crippen MR) is 70.4 cm³/mol. The number of nitrogens with zero attached hydrogens (tertiary/aromatic N) is 4. The molecule has 0 N–H and O–H groups in total. The molecule has 100 valence electrons. The summed E-state index contributed by atoms with van der Waals surface area (Å²) in [5, 5.41) is 3.73. The molecular weight excluding hydrogens is 252 g/mol. The maximum Gasteiger partial charge on any atom is 0.240 e. The van der Waals surface area contributed by atoms with Crippen LogP contribution >= 0.6 is 11.6 Å². The maximum absolute atomic E-state index is 11.7. The van der Waals surface area contributed by atoms with Crippen LogP contribution in [0.3, 0.4) is 0 Å². The number of piperazine rings is 1. The van der Waals surface area contributed by atoms with Crippen molar-refractivity contribution in [3.8, 4) is 0 Å². The number of carbonyl (C=O) groups is 1. The highest BCUT2D eigenvalue weighted by Crippen LogP contribution is 2.10. The van der Waals surface area contributed by atoms with Crippen LogP contribution in [0.1, 0.15) is 12.6 Å². The molecule has 1 amide bonds. The summed E-state index contributed by atoms with van der Waals surface area (Å²) in [6.07, 6.45) is 1.81. The largest absolute Gasteiger partial charge is 0.339 e. The van der Waals surface area contributed by atoms with E-state index in [1.165, 1.54) is 5.69 Å². The van der Waals surface area contributed by atoms with Gasteiger partial charge in [0.25, 0.3) is 0 Å². The topological polar surface area (TPSA) is 41.4 Å². The van der Waals surface area contributed by atoms with Gasteiger partial charge in [0, 0.05) is 46.0 Å². The Morgan fingerprint density at radius 2 is 2.11 bits per heavy atom. The van der Waals surface area contributed by atoms with Gasteiger partial charge in [-0.2, -0.15) is 5.10 Å². The normalized spacial score (nSPS) is 18.9. The zero-order valence-corrected chi connectivity index (χ0v) is 11.6. The lowest BCUT2D eigenvalue weighted by molar-refractivity contribution is -0.132. The highest BCUT2D eigenvalue weighted by Gasteiger charge is 2.23. The van der Waals surface area contributed by atoms with Gasteiger partial charge in [-0.05, 0) is 13.0 Å². The molecule has 1 fully saturated rings. The zero-order chi connectivity index (χ0) is 13.1. The van der Waals surface area contributed by atoms with Crippen LogP contribution in [0.5, 0.6) is 0 Å². The van der Waals surface area contributed by atoms with Gasteiger partial charge in [-0.25, -0.2) is 0 Å². The van der Waals surface area contributed by atoms with Crippen LogP contribution in [-0.2, 0) is 18.4 Å². The first-order valence-corrected chi connectivity index (χ1v) is 6.63. The third-order valence-electron chi connectivity index (χ3n) is 3.33. The fourth-order valence-corrected chi connectivity index (χ4v) is 2.30. The average Bonchev–Trinajstić information content (AvgIpc) is 2.75. The molecule has 6 heteroatoms. The van der Waals surface area contributed by atoms with Crippen LogP contribution in [0.4, 0.5) is 0 Å². The summed E-state index contributed by atoms with van der Waals surface area (Å²) >= 11 is 5.82. The Balaban J connectivity index is 1.84. The number of halogens is 1. The van der Waals surface area contributed by atoms with Gasteiger partial charge >= 0.3 is 0 Å². The lowest BCUT2D eigenvalue weighted by atomic mass is 10.2. The summed E-state index contributed by atoms with van der Waals surface area (Å²) in [4.78, 5) is 15.9. The van der Waals surface area contributed by atoms with Crippen LogP contribution in [0, 0.1) is 0 Å². The minimum Gasteiger partial charge on any atom is -0.339 e. The van der Waals surface area contributed by atoms with Gasteiger partial charge in [0.2, 0.25) is 5.91 Å². The first-order chi connectivity index (χ1) is 8.58. The van der Waals surface area contributed by atoms with Crippen LogP contribution in [0.2, 0.25) is 0 Å². The van der Waals surface area contributed by atoms with Gasteiger partial charge in [0.1, 0.15) is 5.38 Å². The lowest BCUT2D eigenvalue weighted by Crippen LogP contribution is -2.50. The Morgan fingerprint density at radius 3 is 2.61 bits per heavy atom. The molecule has 0 spiro atoms. The summed E-state index contributed by atoms with van der Waals surface area (Å²) in [5.41, 5.74) is 1.19. The summed E-state index contributed by atoms with van der Waals surface area (Å²) in [7, 11) is 1.95. The second-order valence-electron chi connectivity index (χ2n) is 4.66. The lowest BCUT2D eigenvalue weighted by Gasteiger charge is -2.35. The van der Waals surface area contributed by atoms with Crippen molar-refractivity contribution in [1.82, 2.24) is 19.6 Å². The second kappa shape index (κ2) is 5.71. The monoisotopic (exact) mass is 270 g/mol. The third-order valence-corrected chi connectivity index (χ3v) is 3.52. The van der Waals surface area contributed by atoms with Crippen LogP contribution in [0.25, 0.3) is 0 Å². The molecule has 1 aromatic heterocycles. The number of carbonyl (C=O) groups excluding carboxylic acids is 1. The van der Waals surface area contributed by atoms with E-state index in [-0.39, 0.29) is 5.91 Å². The van der Waals surface area contributed by atoms with Crippen molar-refractivity contribution in [2.45, 2.75) is 18.8 Å². The maximum atomic E-state index is 11.7. The fourth-order valence-electron chi connectivity index (χ4n) is 2.16. The molecule has 0 bridgehead atoms. The van der Waals surface area contributed by atoms with Gasteiger partial charge in [-0.15, -0.1) is 11.6 Å². The van der Waals surface area contributed by atoms with Crippen molar-refractivity contribution in [3.63, 3.8) is 0 Å². The Bertz CT molecular complexity index is 410. The van der Waals surface area contributed by atoms with Crippen molar-refractivity contribution in [2.75, 3.05) is 26.2 Å². The van der Waals surface area contributed by atoms with Crippen molar-refractivity contribution >= 4 is 17.5 Å². The molecule has 5 nitrogen and oxygen atoms in total. The molecule has 1 saturated heterocycles. The van der Waals surface area contributed by atoms with E-state index in [0.717, 1.165) is 32.7 Å². The van der Waals surface area contributed by atoms with E-state index in [1.807, 2.05) is 28.9 Å². The molecule has 1 unspecified atom stereocenters. The molecule has 0 radical (unpaired) electrons. The first kappa shape index (κ1) is 13.4. The number of alkyl halides is 1. The molecular formula is C12H19ClN4O. The molecule has 1 aliphatic heterocycles. The smallest absolute Gasteiger partial charge is 0.240 e. The fraction of sp³-hybridized carbons (Fsp3) is 0.667. The number of aromatic nitrogens is 2. The molecule has 18 heavy (non-hydrogen) atoms. The Hall–Kier alpha value is -1.07. The van der Waals surface area contributed by atoms with E-state index >= 15 is 0 Å². The third kappa shape index (κ3) is 3.03. The van der Waals surface area contributed by atoms with Crippen molar-refractivity contribution < 1.29 is 4.79 Å². The summed E-state index contributed by atoms with van der Waals surface area (Å²) in [6.45, 7) is 5.91. The molecule has 1 aromatic rings. The molecule has 0 aliphatic carbocycles. The summed E-state index contributed by atoms with van der Waals surface area (Å²) < 4.78 is 1.89. The van der Waals surface area contributed by atoms with Crippen molar-refractivity contribution in [3.05, 3.63) is 18.0 Å². The van der Waals surface area contributed by atoms with E-state index in [2.05, 4.69) is 10.00 Å². The van der Waals surface area contributed by atoms with Gasteiger partial charge in [-0.3, -0.25) is 14.4 Å². The van der Waals surface area contributed by atoms with Crippen molar-refractivity contribution in [1.29, 1.82) is 0 Å². The van der Waals surface area contributed by atoms with Gasteiger partial charge in [-0.1, -0.05) is 0 Å². The zero-order valence-electron chi connectivity index (χ0n) is 10.8. The van der Waals surface area contributed by atoms with E-state index in [0.29, 0.717) is 0 Å². The Kier molecular flexibility index (Phi) is 4.24. The predicted octanol–water partition coefficient (Wildman–Crippen LogP) is 0.692. The highest BCUT2D eigenvalue weighted by molar-refractivity contribution is 6.30. The minimum atomic E-state index is -0.423. The standard InChI is InChI=1S/C12H19ClN4O/c1-10(13)12(18)17-7-5-16(6-8-17)9-11-3-4-14-15(11)2/h3-4,10H,5-9H2,1-2H3. The number of hydrogen-bond donors (Lipinski definition) is 0. The quantitative estimate of drug-likeness (QED) is 0.759. The Labute approximate surface area is 112 Å². The van der Waals surface area contributed by atoms with Gasteiger partial charge in [0.05, 0.1) is 5.69 Å². The van der Waals surface area contributed by atoms with E-state index in [9.17, 15) is 4.79 Å². The number of amides is 1. The second-order valence-corrected chi connectivity index (χ2v) is 5.32. The van der Waals surface area contributed by atoms with Crippen LogP contribution in [0.15, 0.2) is 12.3 Å². The summed E-state index contributed by atoms with van der Waals surface area (Å²) in [5.74, 6) is 0.0388. The summed E-state index contributed by atoms with van der Waals surface area (Å²) in [6, 6.07) is 2.03. The molecule has 1 aliphatic rings. The Morgan fingerprint density at radius 1 is 1.44 bits per heavy atom. The van der Waals surface area contributed by atoms with Crippen LogP contribution < -0.4 is 0 Å². The van der Waals surface area contributed by atoms with Gasteiger partial charge < -0.3 is 4.90 Å². The number of aryl methyl sites for hydroxylation is 1. The number of hydrogen-bond acceptors (Lipinski definition) is 3.